The van der Waals surface area contributed by atoms with Crippen molar-refractivity contribution in [2.75, 3.05) is 0 Å². The number of benzene rings is 2. The number of hydrogen-bond donors (Lipinski definition) is 0. The van der Waals surface area contributed by atoms with Gasteiger partial charge in [-0.3, -0.25) is 4.79 Å². The Balaban J connectivity index is 2.11. The van der Waals surface area contributed by atoms with Crippen LogP contribution in [0.25, 0.3) is 0 Å². The SMILES string of the molecule is O=Cc1ccc(OCc2ccccc2F)c(F)c1. The third-order valence-corrected chi connectivity index (χ3v) is 2.43. The second-order valence-corrected chi connectivity index (χ2v) is 3.69. The Morgan fingerprint density at radius 3 is 2.50 bits per heavy atom. The van der Waals surface area contributed by atoms with E-state index < -0.39 is 11.6 Å². The van der Waals surface area contributed by atoms with Crippen molar-refractivity contribution in [1.82, 2.24) is 0 Å². The van der Waals surface area contributed by atoms with Crippen molar-refractivity contribution in [2.24, 2.45) is 0 Å². The van der Waals surface area contributed by atoms with Crippen LogP contribution in [0.15, 0.2) is 42.5 Å². The smallest absolute Gasteiger partial charge is 0.165 e. The summed E-state index contributed by atoms with van der Waals surface area (Å²) in [5.41, 5.74) is 0.571. The van der Waals surface area contributed by atoms with E-state index in [-0.39, 0.29) is 17.9 Å². The minimum absolute atomic E-state index is 0.0103. The van der Waals surface area contributed by atoms with E-state index >= 15 is 0 Å². The van der Waals surface area contributed by atoms with E-state index in [4.69, 9.17) is 4.74 Å². The molecule has 0 aliphatic heterocycles. The van der Waals surface area contributed by atoms with E-state index in [1.54, 1.807) is 18.2 Å². The summed E-state index contributed by atoms with van der Waals surface area (Å²) in [6, 6.07) is 9.97. The van der Waals surface area contributed by atoms with Gasteiger partial charge in [0.15, 0.2) is 11.6 Å². The molecule has 0 unspecified atom stereocenters. The number of aldehydes is 1. The highest BCUT2D eigenvalue weighted by Gasteiger charge is 2.06. The molecule has 0 spiro atoms. The molecule has 4 heteroatoms. The maximum atomic E-state index is 13.5. The molecular formula is C14H10F2O2. The summed E-state index contributed by atoms with van der Waals surface area (Å²) >= 11 is 0. The molecule has 0 aliphatic carbocycles. The largest absolute Gasteiger partial charge is 0.486 e. The van der Waals surface area contributed by atoms with E-state index in [2.05, 4.69) is 0 Å². The second kappa shape index (κ2) is 5.40. The van der Waals surface area contributed by atoms with Gasteiger partial charge < -0.3 is 4.74 Å². The number of halogens is 2. The van der Waals surface area contributed by atoms with Gasteiger partial charge in [0, 0.05) is 11.1 Å². The van der Waals surface area contributed by atoms with Gasteiger partial charge in [-0.1, -0.05) is 18.2 Å². The molecule has 0 bridgehead atoms. The van der Waals surface area contributed by atoms with Crippen LogP contribution in [0, 0.1) is 11.6 Å². The Morgan fingerprint density at radius 1 is 1.06 bits per heavy atom. The number of hydrogen-bond acceptors (Lipinski definition) is 2. The highest BCUT2D eigenvalue weighted by molar-refractivity contribution is 5.74. The number of carbonyl (C=O) groups is 1. The van der Waals surface area contributed by atoms with Gasteiger partial charge in [-0.25, -0.2) is 8.78 Å². The topological polar surface area (TPSA) is 26.3 Å². The summed E-state index contributed by atoms with van der Waals surface area (Å²) < 4.78 is 31.9. The third kappa shape index (κ3) is 2.71. The average Bonchev–Trinajstić information content (AvgIpc) is 2.39. The molecular weight excluding hydrogens is 238 g/mol. The van der Waals surface area contributed by atoms with E-state index in [9.17, 15) is 13.6 Å². The van der Waals surface area contributed by atoms with Gasteiger partial charge in [-0.2, -0.15) is 0 Å². The molecule has 0 N–H and O–H groups in total. The molecule has 0 saturated carbocycles. The van der Waals surface area contributed by atoms with Crippen LogP contribution in [-0.4, -0.2) is 6.29 Å². The van der Waals surface area contributed by atoms with Gasteiger partial charge in [-0.15, -0.1) is 0 Å². The molecule has 0 saturated heterocycles. The van der Waals surface area contributed by atoms with Gasteiger partial charge in [0.25, 0.3) is 0 Å². The zero-order valence-corrected chi connectivity index (χ0v) is 9.40. The standard InChI is InChI=1S/C14H10F2O2/c15-12-4-2-1-3-11(12)9-18-14-6-5-10(8-17)7-13(14)16/h1-8H,9H2. The highest BCUT2D eigenvalue weighted by Crippen LogP contribution is 2.19. The fourth-order valence-electron chi connectivity index (χ4n) is 1.48. The van der Waals surface area contributed by atoms with Gasteiger partial charge in [-0.05, 0) is 24.3 Å². The Morgan fingerprint density at radius 2 is 1.83 bits per heavy atom. The number of carbonyl (C=O) groups excluding carboxylic acids is 1. The molecule has 0 amide bonds. The van der Waals surface area contributed by atoms with Crippen LogP contribution in [0.1, 0.15) is 15.9 Å². The Labute approximate surface area is 103 Å². The first-order valence-corrected chi connectivity index (χ1v) is 5.31. The molecule has 0 fully saturated rings. The normalized spacial score (nSPS) is 10.1. The van der Waals surface area contributed by atoms with E-state index in [1.807, 2.05) is 0 Å². The van der Waals surface area contributed by atoms with E-state index in [0.717, 1.165) is 6.07 Å². The molecule has 92 valence electrons. The fourth-order valence-corrected chi connectivity index (χ4v) is 1.48. The Hall–Kier alpha value is -2.23. The number of rotatable bonds is 4. The average molecular weight is 248 g/mol. The molecule has 0 aliphatic rings. The molecule has 0 heterocycles. The zero-order chi connectivity index (χ0) is 13.0. The first kappa shape index (κ1) is 12.2. The minimum atomic E-state index is -0.643. The van der Waals surface area contributed by atoms with Gasteiger partial charge in [0.2, 0.25) is 0 Å². The highest BCUT2D eigenvalue weighted by atomic mass is 19.1. The predicted molar refractivity (Wildman–Crippen MR) is 62.5 cm³/mol. The Bertz CT molecular complexity index is 567. The molecule has 2 nitrogen and oxygen atoms in total. The third-order valence-electron chi connectivity index (χ3n) is 2.43. The van der Waals surface area contributed by atoms with Crippen LogP contribution in [0.5, 0.6) is 5.75 Å². The quantitative estimate of drug-likeness (QED) is 0.775. The molecule has 0 aromatic heterocycles. The molecule has 2 rings (SSSR count). The van der Waals surface area contributed by atoms with E-state index in [0.29, 0.717) is 11.8 Å². The first-order chi connectivity index (χ1) is 8.70. The monoisotopic (exact) mass is 248 g/mol. The van der Waals surface area contributed by atoms with Crippen molar-refractivity contribution in [1.29, 1.82) is 0 Å². The molecule has 0 radical (unpaired) electrons. The lowest BCUT2D eigenvalue weighted by Crippen LogP contribution is -2.00. The van der Waals surface area contributed by atoms with Gasteiger partial charge >= 0.3 is 0 Å². The summed E-state index contributed by atoms with van der Waals surface area (Å²) in [5.74, 6) is -1.05. The molecule has 0 atom stereocenters. The maximum absolute atomic E-state index is 13.5. The van der Waals surface area contributed by atoms with Crippen molar-refractivity contribution in [3.8, 4) is 5.75 Å². The van der Waals surface area contributed by atoms with Crippen molar-refractivity contribution in [3.63, 3.8) is 0 Å². The van der Waals surface area contributed by atoms with Crippen LogP contribution >= 0.6 is 0 Å². The second-order valence-electron chi connectivity index (χ2n) is 3.69. The Kier molecular flexibility index (Phi) is 3.67. The van der Waals surface area contributed by atoms with Crippen LogP contribution in [0.4, 0.5) is 8.78 Å². The lowest BCUT2D eigenvalue weighted by Gasteiger charge is -2.08. The lowest BCUT2D eigenvalue weighted by molar-refractivity contribution is 0.112. The molecule has 18 heavy (non-hydrogen) atoms. The predicted octanol–water partition coefficient (Wildman–Crippen LogP) is 3.36. The summed E-state index contributed by atoms with van der Waals surface area (Å²) in [6.45, 7) is -0.0654. The minimum Gasteiger partial charge on any atom is -0.486 e. The zero-order valence-electron chi connectivity index (χ0n) is 9.40. The molecule has 2 aromatic rings. The molecule has 2 aromatic carbocycles. The summed E-state index contributed by atoms with van der Waals surface area (Å²) in [5, 5.41) is 0. The summed E-state index contributed by atoms with van der Waals surface area (Å²) in [6.07, 6.45) is 0.545. The first-order valence-electron chi connectivity index (χ1n) is 5.31. The lowest BCUT2D eigenvalue weighted by atomic mass is 10.2. The maximum Gasteiger partial charge on any atom is 0.165 e. The van der Waals surface area contributed by atoms with Gasteiger partial charge in [0.1, 0.15) is 18.7 Å². The van der Waals surface area contributed by atoms with Crippen molar-refractivity contribution >= 4 is 6.29 Å². The van der Waals surface area contributed by atoms with Crippen LogP contribution < -0.4 is 4.74 Å². The van der Waals surface area contributed by atoms with E-state index in [1.165, 1.54) is 18.2 Å². The van der Waals surface area contributed by atoms with Crippen molar-refractivity contribution in [2.45, 2.75) is 6.61 Å². The van der Waals surface area contributed by atoms with Crippen molar-refractivity contribution < 1.29 is 18.3 Å². The van der Waals surface area contributed by atoms with Crippen LogP contribution in [0.3, 0.4) is 0 Å². The van der Waals surface area contributed by atoms with Gasteiger partial charge in [0.05, 0.1) is 0 Å². The van der Waals surface area contributed by atoms with Crippen LogP contribution in [-0.2, 0) is 6.61 Å². The van der Waals surface area contributed by atoms with Crippen molar-refractivity contribution in [3.05, 3.63) is 65.2 Å². The number of ether oxygens (including phenoxy) is 1. The fraction of sp³-hybridized carbons (Fsp3) is 0.0714. The summed E-state index contributed by atoms with van der Waals surface area (Å²) in [4.78, 5) is 10.4. The van der Waals surface area contributed by atoms with Crippen LogP contribution in [0.2, 0.25) is 0 Å². The summed E-state index contributed by atoms with van der Waals surface area (Å²) in [7, 11) is 0.